The van der Waals surface area contributed by atoms with Crippen LogP contribution in [-0.2, 0) is 16.8 Å². The van der Waals surface area contributed by atoms with Crippen LogP contribution >= 0.6 is 0 Å². The predicted molar refractivity (Wildman–Crippen MR) is 143 cm³/mol. The third-order valence-corrected chi connectivity index (χ3v) is 6.92. The van der Waals surface area contributed by atoms with E-state index in [2.05, 4.69) is 25.7 Å². The Morgan fingerprint density at radius 1 is 0.897 bits per heavy atom. The average Bonchev–Trinajstić information content (AvgIpc) is 3.42. The van der Waals surface area contributed by atoms with Crippen LogP contribution in [0.4, 0.5) is 0 Å². The Kier molecular flexibility index (Phi) is 6.87. The largest absolute Gasteiger partial charge is 0.354 e. The molecule has 0 unspecified atom stereocenters. The van der Waals surface area contributed by atoms with Crippen LogP contribution in [0, 0.1) is 0 Å². The van der Waals surface area contributed by atoms with E-state index in [4.69, 9.17) is 5.14 Å². The standard InChI is InChI=1S/C26H24N6O6S/c27-39(37,38)30-10-4-9-28-23(33)15-6-3-5-14(11-15)13-29-24(34)18-12-17-21(26(36)32-25(17)35)20-16-7-1-2-8-19(16)31-22(18)20/h1-3,5-8,11-12,30-31H,4,9-10,13H2,(H,28,33)(H,29,34)(H2,27,37,38)(H,32,35,36). The van der Waals surface area contributed by atoms with Crippen molar-refractivity contribution in [3.05, 3.63) is 82.4 Å². The monoisotopic (exact) mass is 548 g/mol. The number of hydrogen-bond acceptors (Lipinski definition) is 6. The fourth-order valence-corrected chi connectivity index (χ4v) is 4.99. The van der Waals surface area contributed by atoms with Crippen LogP contribution in [0.3, 0.4) is 0 Å². The highest BCUT2D eigenvalue weighted by Crippen LogP contribution is 2.35. The lowest BCUT2D eigenvalue weighted by Gasteiger charge is -2.10. The Labute approximate surface area is 222 Å². The van der Waals surface area contributed by atoms with E-state index >= 15 is 0 Å². The molecule has 3 aromatic carbocycles. The molecule has 39 heavy (non-hydrogen) atoms. The minimum atomic E-state index is -3.78. The molecule has 200 valence electrons. The number of carbonyl (C=O) groups is 4. The summed E-state index contributed by atoms with van der Waals surface area (Å²) < 4.78 is 23.9. The minimum Gasteiger partial charge on any atom is -0.354 e. The molecule has 0 saturated heterocycles. The van der Waals surface area contributed by atoms with Gasteiger partial charge in [-0.05, 0) is 36.2 Å². The molecule has 0 fully saturated rings. The fraction of sp³-hybridized carbons (Fsp3) is 0.154. The number of rotatable bonds is 9. The topological polar surface area (TPSA) is 192 Å². The average molecular weight is 549 g/mol. The van der Waals surface area contributed by atoms with Gasteiger partial charge < -0.3 is 15.6 Å². The number of H-pyrrole nitrogens is 1. The zero-order valence-corrected chi connectivity index (χ0v) is 21.3. The number of aromatic amines is 1. The number of hydrogen-bond donors (Lipinski definition) is 6. The van der Waals surface area contributed by atoms with Gasteiger partial charge in [0.15, 0.2) is 0 Å². The van der Waals surface area contributed by atoms with Crippen LogP contribution in [0.1, 0.15) is 53.4 Å². The zero-order valence-electron chi connectivity index (χ0n) is 20.5. The third-order valence-electron chi connectivity index (χ3n) is 6.31. The molecule has 0 spiro atoms. The van der Waals surface area contributed by atoms with Gasteiger partial charge >= 0.3 is 0 Å². The maximum Gasteiger partial charge on any atom is 0.274 e. The number of fused-ring (bicyclic) bond motifs is 5. The molecular formula is C26H24N6O6S. The highest BCUT2D eigenvalue weighted by molar-refractivity contribution is 7.87. The number of para-hydroxylation sites is 1. The lowest BCUT2D eigenvalue weighted by molar-refractivity contribution is 0.0877. The second-order valence-corrected chi connectivity index (χ2v) is 10.4. The van der Waals surface area contributed by atoms with Crippen molar-refractivity contribution in [1.29, 1.82) is 0 Å². The number of nitrogens with two attached hydrogens (primary N) is 1. The first-order valence-electron chi connectivity index (χ1n) is 12.0. The molecule has 1 aliphatic rings. The lowest BCUT2D eigenvalue weighted by Crippen LogP contribution is -2.33. The summed E-state index contributed by atoms with van der Waals surface area (Å²) in [6.07, 6.45) is 0.352. The molecule has 12 nitrogen and oxygen atoms in total. The van der Waals surface area contributed by atoms with E-state index in [9.17, 15) is 27.6 Å². The van der Waals surface area contributed by atoms with E-state index in [-0.39, 0.29) is 42.2 Å². The number of imide groups is 1. The van der Waals surface area contributed by atoms with Crippen molar-refractivity contribution in [3.8, 4) is 0 Å². The maximum absolute atomic E-state index is 13.3. The quantitative estimate of drug-likeness (QED) is 0.134. The van der Waals surface area contributed by atoms with Gasteiger partial charge in [0, 0.05) is 41.5 Å². The van der Waals surface area contributed by atoms with Gasteiger partial charge in [-0.15, -0.1) is 0 Å². The Hall–Kier alpha value is -4.59. The smallest absolute Gasteiger partial charge is 0.274 e. The van der Waals surface area contributed by atoms with Crippen molar-refractivity contribution in [2.45, 2.75) is 13.0 Å². The summed E-state index contributed by atoms with van der Waals surface area (Å²) in [4.78, 5) is 54.0. The van der Waals surface area contributed by atoms with Crippen molar-refractivity contribution in [1.82, 2.24) is 25.7 Å². The van der Waals surface area contributed by atoms with E-state index in [1.807, 2.05) is 24.3 Å². The highest BCUT2D eigenvalue weighted by Gasteiger charge is 2.33. The van der Waals surface area contributed by atoms with Crippen molar-refractivity contribution in [3.63, 3.8) is 0 Å². The number of benzene rings is 3. The Morgan fingerprint density at radius 2 is 1.69 bits per heavy atom. The van der Waals surface area contributed by atoms with Crippen LogP contribution in [0.2, 0.25) is 0 Å². The van der Waals surface area contributed by atoms with E-state index in [1.54, 1.807) is 24.3 Å². The second kappa shape index (κ2) is 10.3. The molecular weight excluding hydrogens is 524 g/mol. The summed E-state index contributed by atoms with van der Waals surface area (Å²) >= 11 is 0. The van der Waals surface area contributed by atoms with E-state index < -0.39 is 27.9 Å². The zero-order chi connectivity index (χ0) is 27.7. The lowest BCUT2D eigenvalue weighted by atomic mass is 9.98. The van der Waals surface area contributed by atoms with Gasteiger partial charge in [-0.3, -0.25) is 24.5 Å². The van der Waals surface area contributed by atoms with Gasteiger partial charge in [0.25, 0.3) is 33.8 Å². The predicted octanol–water partition coefficient (Wildman–Crippen LogP) is 1.05. The van der Waals surface area contributed by atoms with E-state index in [1.165, 1.54) is 6.07 Å². The molecule has 4 aromatic rings. The Morgan fingerprint density at radius 3 is 2.49 bits per heavy atom. The van der Waals surface area contributed by atoms with Crippen LogP contribution in [0.25, 0.3) is 21.8 Å². The summed E-state index contributed by atoms with van der Waals surface area (Å²) in [5.74, 6) is -1.88. The molecule has 1 aliphatic heterocycles. The van der Waals surface area contributed by atoms with Gasteiger partial charge in [-0.2, -0.15) is 8.42 Å². The van der Waals surface area contributed by atoms with Crippen molar-refractivity contribution in [2.24, 2.45) is 5.14 Å². The first kappa shape index (κ1) is 26.0. The van der Waals surface area contributed by atoms with E-state index in [0.29, 0.717) is 28.5 Å². The fourth-order valence-electron chi connectivity index (χ4n) is 4.56. The molecule has 0 atom stereocenters. The molecule has 13 heteroatoms. The number of aromatic nitrogens is 1. The summed E-state index contributed by atoms with van der Waals surface area (Å²) in [5.41, 5.74) is 2.79. The summed E-state index contributed by atoms with van der Waals surface area (Å²) in [6.45, 7) is 0.423. The molecule has 4 amide bonds. The molecule has 5 rings (SSSR count). The van der Waals surface area contributed by atoms with Crippen LogP contribution in [-0.4, -0.2) is 50.1 Å². The number of nitrogens with one attached hydrogen (secondary N) is 5. The van der Waals surface area contributed by atoms with Crippen molar-refractivity contribution < 1.29 is 27.6 Å². The molecule has 0 aliphatic carbocycles. The maximum atomic E-state index is 13.3. The van der Waals surface area contributed by atoms with Crippen LogP contribution in [0.5, 0.6) is 0 Å². The van der Waals surface area contributed by atoms with Gasteiger partial charge in [-0.25, -0.2) is 9.86 Å². The van der Waals surface area contributed by atoms with Gasteiger partial charge in [0.2, 0.25) is 0 Å². The van der Waals surface area contributed by atoms with Crippen molar-refractivity contribution in [2.75, 3.05) is 13.1 Å². The molecule has 0 radical (unpaired) electrons. The summed E-state index contributed by atoms with van der Waals surface area (Å²) in [5, 5.41) is 13.9. The molecule has 0 saturated carbocycles. The molecule has 1 aromatic heterocycles. The first-order chi connectivity index (χ1) is 18.6. The Balaban J connectivity index is 1.32. The first-order valence-corrected chi connectivity index (χ1v) is 13.5. The van der Waals surface area contributed by atoms with Gasteiger partial charge in [-0.1, -0.05) is 30.3 Å². The van der Waals surface area contributed by atoms with Crippen LogP contribution < -0.4 is 25.8 Å². The minimum absolute atomic E-state index is 0.0906. The van der Waals surface area contributed by atoms with Gasteiger partial charge in [0.1, 0.15) is 0 Å². The number of carbonyl (C=O) groups excluding carboxylic acids is 4. The third kappa shape index (κ3) is 5.36. The van der Waals surface area contributed by atoms with Crippen LogP contribution in [0.15, 0.2) is 54.6 Å². The molecule has 7 N–H and O–H groups in total. The highest BCUT2D eigenvalue weighted by atomic mass is 32.2. The number of amides is 4. The molecule has 0 bridgehead atoms. The normalized spacial score (nSPS) is 12.9. The Bertz CT molecular complexity index is 1780. The second-order valence-electron chi connectivity index (χ2n) is 8.98. The van der Waals surface area contributed by atoms with E-state index in [0.717, 1.165) is 10.9 Å². The van der Waals surface area contributed by atoms with Gasteiger partial charge in [0.05, 0.1) is 22.2 Å². The SMILES string of the molecule is NS(=O)(=O)NCCCNC(=O)c1cccc(CNC(=O)c2cc3c(c4c2[nH]c2ccccc24)C(=O)NC3=O)c1. The molecule has 2 heterocycles. The van der Waals surface area contributed by atoms with Crippen molar-refractivity contribution >= 4 is 55.6 Å². The summed E-state index contributed by atoms with van der Waals surface area (Å²) in [6, 6.07) is 15.4. The summed E-state index contributed by atoms with van der Waals surface area (Å²) in [7, 11) is -3.78.